The fourth-order valence-corrected chi connectivity index (χ4v) is 3.21. The first-order chi connectivity index (χ1) is 13.9. The van der Waals surface area contributed by atoms with Gasteiger partial charge < -0.3 is 16.0 Å². The average molecular weight is 394 g/mol. The van der Waals surface area contributed by atoms with Crippen LogP contribution in [0.25, 0.3) is 0 Å². The topological polar surface area (TPSA) is 90.5 Å². The van der Waals surface area contributed by atoms with Gasteiger partial charge in [0, 0.05) is 6.04 Å². The number of nitrogens with zero attached hydrogens (tertiary/aromatic N) is 1. The monoisotopic (exact) mass is 394 g/mol. The van der Waals surface area contributed by atoms with E-state index in [2.05, 4.69) is 28.1 Å². The molecule has 1 heterocycles. The average Bonchev–Trinajstić information content (AvgIpc) is 2.72. The van der Waals surface area contributed by atoms with E-state index in [1.807, 2.05) is 25.1 Å². The van der Waals surface area contributed by atoms with Gasteiger partial charge >= 0.3 is 6.03 Å². The standard InChI is InChI=1S/C22H26N4O3/c1-15(12-13-17-8-4-3-5-9-17)23-21(28)16(2)24-22(29)26-14-20(27)25-18-10-6-7-11-19(18)26/h3-11,15-16H,12-14H2,1-2H3,(H,23,28)(H,24,29)(H,25,27)/t15?,16-/m1/s1. The highest BCUT2D eigenvalue weighted by atomic mass is 16.2. The summed E-state index contributed by atoms with van der Waals surface area (Å²) in [7, 11) is 0. The van der Waals surface area contributed by atoms with Crippen molar-refractivity contribution in [3.8, 4) is 0 Å². The molecule has 7 heteroatoms. The second kappa shape index (κ2) is 9.23. The van der Waals surface area contributed by atoms with Crippen LogP contribution in [0.4, 0.5) is 16.2 Å². The van der Waals surface area contributed by atoms with E-state index in [1.165, 1.54) is 10.5 Å². The minimum absolute atomic E-state index is 0.0245. The van der Waals surface area contributed by atoms with Crippen molar-refractivity contribution in [2.75, 3.05) is 16.8 Å². The quantitative estimate of drug-likeness (QED) is 0.704. The second-order valence-corrected chi connectivity index (χ2v) is 7.26. The van der Waals surface area contributed by atoms with Crippen LogP contribution in [0, 0.1) is 0 Å². The molecule has 1 unspecified atom stereocenters. The highest BCUT2D eigenvalue weighted by Gasteiger charge is 2.28. The first kappa shape index (κ1) is 20.4. The Balaban J connectivity index is 1.53. The number of urea groups is 1. The van der Waals surface area contributed by atoms with Crippen LogP contribution in [-0.4, -0.2) is 36.5 Å². The molecule has 0 saturated carbocycles. The molecule has 7 nitrogen and oxygen atoms in total. The number of nitrogens with one attached hydrogen (secondary N) is 3. The minimum Gasteiger partial charge on any atom is -0.352 e. The molecule has 0 saturated heterocycles. The summed E-state index contributed by atoms with van der Waals surface area (Å²) in [5.41, 5.74) is 2.40. The molecular formula is C22H26N4O3. The van der Waals surface area contributed by atoms with Gasteiger partial charge in [0.05, 0.1) is 11.4 Å². The van der Waals surface area contributed by atoms with Gasteiger partial charge in [0.15, 0.2) is 0 Å². The van der Waals surface area contributed by atoms with E-state index in [0.717, 1.165) is 12.8 Å². The zero-order valence-corrected chi connectivity index (χ0v) is 16.6. The lowest BCUT2D eigenvalue weighted by Crippen LogP contribution is -2.53. The van der Waals surface area contributed by atoms with Gasteiger partial charge in [-0.15, -0.1) is 0 Å². The number of fused-ring (bicyclic) bond motifs is 1. The predicted octanol–water partition coefficient (Wildman–Crippen LogP) is 2.68. The van der Waals surface area contributed by atoms with Crippen LogP contribution >= 0.6 is 0 Å². The molecule has 0 radical (unpaired) electrons. The van der Waals surface area contributed by atoms with Crippen LogP contribution in [0.1, 0.15) is 25.8 Å². The third-order valence-electron chi connectivity index (χ3n) is 4.85. The van der Waals surface area contributed by atoms with Crippen molar-refractivity contribution in [3.63, 3.8) is 0 Å². The molecule has 0 fully saturated rings. The molecule has 2 atom stereocenters. The van der Waals surface area contributed by atoms with E-state index in [1.54, 1.807) is 31.2 Å². The number of amides is 4. The molecule has 0 aromatic heterocycles. The van der Waals surface area contributed by atoms with Crippen molar-refractivity contribution < 1.29 is 14.4 Å². The smallest absolute Gasteiger partial charge is 0.323 e. The number of carbonyl (C=O) groups excluding carboxylic acids is 3. The largest absolute Gasteiger partial charge is 0.352 e. The van der Waals surface area contributed by atoms with Gasteiger partial charge in [-0.3, -0.25) is 14.5 Å². The Bertz CT molecular complexity index is 885. The lowest BCUT2D eigenvalue weighted by Gasteiger charge is -2.30. The van der Waals surface area contributed by atoms with Crippen LogP contribution in [0.3, 0.4) is 0 Å². The molecule has 0 bridgehead atoms. The molecule has 4 amide bonds. The maximum Gasteiger partial charge on any atom is 0.323 e. The Morgan fingerprint density at radius 1 is 1.03 bits per heavy atom. The maximum atomic E-state index is 12.7. The summed E-state index contributed by atoms with van der Waals surface area (Å²) < 4.78 is 0. The number of anilines is 2. The molecule has 1 aliphatic rings. The highest BCUT2D eigenvalue weighted by molar-refractivity contribution is 6.10. The summed E-state index contributed by atoms with van der Waals surface area (Å²) in [6.45, 7) is 3.48. The summed E-state index contributed by atoms with van der Waals surface area (Å²) in [5, 5.41) is 8.35. The molecule has 0 spiro atoms. The SMILES string of the molecule is CC(CCc1ccccc1)NC(=O)[C@@H](C)NC(=O)N1CC(=O)Nc2ccccc21. The van der Waals surface area contributed by atoms with Crippen molar-refractivity contribution in [3.05, 3.63) is 60.2 Å². The predicted molar refractivity (Wildman–Crippen MR) is 113 cm³/mol. The van der Waals surface area contributed by atoms with E-state index in [9.17, 15) is 14.4 Å². The van der Waals surface area contributed by atoms with Gasteiger partial charge in [-0.1, -0.05) is 42.5 Å². The Morgan fingerprint density at radius 2 is 1.72 bits per heavy atom. The molecule has 29 heavy (non-hydrogen) atoms. The first-order valence-electron chi connectivity index (χ1n) is 9.75. The number of carbonyl (C=O) groups is 3. The van der Waals surface area contributed by atoms with Crippen LogP contribution in [0.5, 0.6) is 0 Å². The lowest BCUT2D eigenvalue weighted by molar-refractivity contribution is -0.123. The number of benzene rings is 2. The number of rotatable bonds is 6. The van der Waals surface area contributed by atoms with Crippen molar-refractivity contribution in [2.45, 2.75) is 38.8 Å². The van der Waals surface area contributed by atoms with Crippen LogP contribution in [0.15, 0.2) is 54.6 Å². The molecule has 2 aromatic carbocycles. The zero-order valence-electron chi connectivity index (χ0n) is 16.6. The molecule has 2 aromatic rings. The van der Waals surface area contributed by atoms with Crippen molar-refractivity contribution in [1.29, 1.82) is 0 Å². The fraction of sp³-hybridized carbons (Fsp3) is 0.318. The number of para-hydroxylation sites is 2. The van der Waals surface area contributed by atoms with Gasteiger partial charge in [0.2, 0.25) is 11.8 Å². The Morgan fingerprint density at radius 3 is 2.48 bits per heavy atom. The van der Waals surface area contributed by atoms with E-state index in [-0.39, 0.29) is 24.4 Å². The van der Waals surface area contributed by atoms with Crippen LogP contribution in [0.2, 0.25) is 0 Å². The normalized spacial score (nSPS) is 15.0. The van der Waals surface area contributed by atoms with E-state index >= 15 is 0 Å². The Kier molecular flexibility index (Phi) is 6.49. The third-order valence-corrected chi connectivity index (χ3v) is 4.85. The van der Waals surface area contributed by atoms with E-state index in [4.69, 9.17) is 0 Å². The summed E-state index contributed by atoms with van der Waals surface area (Å²) in [6.07, 6.45) is 1.67. The van der Waals surface area contributed by atoms with Gasteiger partial charge in [-0.25, -0.2) is 4.79 Å². The molecule has 152 valence electrons. The van der Waals surface area contributed by atoms with E-state index in [0.29, 0.717) is 11.4 Å². The number of aryl methyl sites for hydroxylation is 1. The van der Waals surface area contributed by atoms with Crippen molar-refractivity contribution in [1.82, 2.24) is 10.6 Å². The summed E-state index contributed by atoms with van der Waals surface area (Å²) >= 11 is 0. The Labute approximate surface area is 170 Å². The number of hydrogen-bond acceptors (Lipinski definition) is 3. The summed E-state index contributed by atoms with van der Waals surface area (Å²) in [6, 6.07) is 15.9. The lowest BCUT2D eigenvalue weighted by atomic mass is 10.1. The molecule has 3 rings (SSSR count). The summed E-state index contributed by atoms with van der Waals surface area (Å²) in [5.74, 6) is -0.529. The summed E-state index contributed by atoms with van der Waals surface area (Å²) in [4.78, 5) is 38.4. The molecular weight excluding hydrogens is 368 g/mol. The van der Waals surface area contributed by atoms with Crippen LogP contribution in [-0.2, 0) is 16.0 Å². The van der Waals surface area contributed by atoms with Gasteiger partial charge in [0.1, 0.15) is 12.6 Å². The highest BCUT2D eigenvalue weighted by Crippen LogP contribution is 2.28. The third kappa shape index (κ3) is 5.34. The molecule has 0 aliphatic carbocycles. The van der Waals surface area contributed by atoms with Gasteiger partial charge in [-0.05, 0) is 44.4 Å². The Hall–Kier alpha value is -3.35. The van der Waals surface area contributed by atoms with Gasteiger partial charge in [-0.2, -0.15) is 0 Å². The molecule has 1 aliphatic heterocycles. The fourth-order valence-electron chi connectivity index (χ4n) is 3.21. The van der Waals surface area contributed by atoms with Crippen molar-refractivity contribution >= 4 is 29.2 Å². The van der Waals surface area contributed by atoms with E-state index < -0.39 is 12.1 Å². The zero-order chi connectivity index (χ0) is 20.8. The van der Waals surface area contributed by atoms with Crippen LogP contribution < -0.4 is 20.9 Å². The minimum atomic E-state index is -0.723. The van der Waals surface area contributed by atoms with Crippen molar-refractivity contribution in [2.24, 2.45) is 0 Å². The molecule has 3 N–H and O–H groups in total. The number of hydrogen-bond donors (Lipinski definition) is 3. The maximum absolute atomic E-state index is 12.7. The first-order valence-corrected chi connectivity index (χ1v) is 9.75. The second-order valence-electron chi connectivity index (χ2n) is 7.26. The van der Waals surface area contributed by atoms with Gasteiger partial charge in [0.25, 0.3) is 0 Å².